The molecule has 2 rings (SSSR count). The zero-order chi connectivity index (χ0) is 14.8. The van der Waals surface area contributed by atoms with E-state index in [4.69, 9.17) is 0 Å². The molecule has 0 radical (unpaired) electrons. The first-order valence-corrected chi connectivity index (χ1v) is 6.79. The number of halogens is 3. The van der Waals surface area contributed by atoms with Crippen molar-refractivity contribution >= 4 is 5.82 Å². The van der Waals surface area contributed by atoms with Gasteiger partial charge in [-0.15, -0.1) is 0 Å². The summed E-state index contributed by atoms with van der Waals surface area (Å²) in [5, 5.41) is 13.0. The Labute approximate surface area is 116 Å². The third-order valence-corrected chi connectivity index (χ3v) is 3.90. The lowest BCUT2D eigenvalue weighted by Gasteiger charge is -2.35. The van der Waals surface area contributed by atoms with E-state index in [9.17, 15) is 18.3 Å². The molecule has 20 heavy (non-hydrogen) atoms. The summed E-state index contributed by atoms with van der Waals surface area (Å²) in [6.07, 6.45) is -0.130. The van der Waals surface area contributed by atoms with Gasteiger partial charge in [0.05, 0.1) is 11.2 Å². The second-order valence-corrected chi connectivity index (χ2v) is 5.66. The number of hydrogen-bond donors (Lipinski definition) is 2. The van der Waals surface area contributed by atoms with Crippen molar-refractivity contribution in [1.82, 2.24) is 4.98 Å². The highest BCUT2D eigenvalue weighted by molar-refractivity contribution is 5.45. The van der Waals surface area contributed by atoms with Crippen molar-refractivity contribution in [3.63, 3.8) is 0 Å². The zero-order valence-corrected chi connectivity index (χ0v) is 11.4. The molecule has 6 heteroatoms. The number of nitrogens with zero attached hydrogens (tertiary/aromatic N) is 1. The summed E-state index contributed by atoms with van der Waals surface area (Å²) in [6, 6.07) is 2.24. The fraction of sp³-hybridized carbons (Fsp3) is 0.643. The van der Waals surface area contributed by atoms with Gasteiger partial charge in [0.15, 0.2) is 0 Å². The first-order valence-electron chi connectivity index (χ1n) is 6.79. The molecule has 0 amide bonds. The van der Waals surface area contributed by atoms with Crippen molar-refractivity contribution in [3.05, 3.63) is 23.9 Å². The predicted molar refractivity (Wildman–Crippen MR) is 70.3 cm³/mol. The fourth-order valence-electron chi connectivity index (χ4n) is 2.50. The highest BCUT2D eigenvalue weighted by Crippen LogP contribution is 2.35. The van der Waals surface area contributed by atoms with Crippen LogP contribution in [-0.4, -0.2) is 22.2 Å². The average Bonchev–Trinajstić information content (AvgIpc) is 2.40. The normalized spacial score (nSPS) is 27.4. The molecule has 3 nitrogen and oxygen atoms in total. The van der Waals surface area contributed by atoms with Gasteiger partial charge >= 0.3 is 6.18 Å². The molecule has 0 spiro atoms. The van der Waals surface area contributed by atoms with Gasteiger partial charge in [0.2, 0.25) is 0 Å². The Hall–Kier alpha value is -1.30. The van der Waals surface area contributed by atoms with Crippen molar-refractivity contribution in [3.8, 4) is 0 Å². The molecule has 1 fully saturated rings. The summed E-state index contributed by atoms with van der Waals surface area (Å²) >= 11 is 0. The lowest BCUT2D eigenvalue weighted by Crippen LogP contribution is -2.40. The van der Waals surface area contributed by atoms with Crippen molar-refractivity contribution in [1.29, 1.82) is 0 Å². The largest absolute Gasteiger partial charge is 0.419 e. The molecule has 0 aliphatic heterocycles. The summed E-state index contributed by atoms with van der Waals surface area (Å²) in [5.74, 6) is 0.350. The predicted octanol–water partition coefficient (Wildman–Crippen LogP) is 3.45. The van der Waals surface area contributed by atoms with E-state index in [1.807, 2.05) is 0 Å². The maximum absolute atomic E-state index is 12.8. The highest BCUT2D eigenvalue weighted by atomic mass is 19.4. The summed E-state index contributed by atoms with van der Waals surface area (Å²) in [7, 11) is 0. The molecule has 112 valence electrons. The van der Waals surface area contributed by atoms with Gasteiger partial charge in [-0.05, 0) is 43.7 Å². The van der Waals surface area contributed by atoms with Gasteiger partial charge in [0.1, 0.15) is 5.82 Å². The monoisotopic (exact) mass is 288 g/mol. The quantitative estimate of drug-likeness (QED) is 0.895. The minimum Gasteiger partial charge on any atom is -0.388 e. The van der Waals surface area contributed by atoms with Crippen LogP contribution in [0.5, 0.6) is 0 Å². The van der Waals surface area contributed by atoms with Crippen molar-refractivity contribution < 1.29 is 18.3 Å². The van der Waals surface area contributed by atoms with Gasteiger partial charge in [0.25, 0.3) is 0 Å². The van der Waals surface area contributed by atoms with Gasteiger partial charge < -0.3 is 10.4 Å². The lowest BCUT2D eigenvalue weighted by molar-refractivity contribution is -0.137. The summed E-state index contributed by atoms with van der Waals surface area (Å²) < 4.78 is 38.5. The number of pyridine rings is 1. The van der Waals surface area contributed by atoms with E-state index in [1.165, 1.54) is 12.3 Å². The molecule has 2 N–H and O–H groups in total. The SMILES string of the molecule is CC1CCC(O)(CNc2ncccc2C(F)(F)F)CC1. The molecule has 0 aromatic carbocycles. The van der Waals surface area contributed by atoms with E-state index in [0.29, 0.717) is 18.8 Å². The first-order chi connectivity index (χ1) is 9.30. The van der Waals surface area contributed by atoms with E-state index >= 15 is 0 Å². The Morgan fingerprint density at radius 2 is 2.05 bits per heavy atom. The topological polar surface area (TPSA) is 45.1 Å². The molecule has 1 saturated carbocycles. The molecule has 0 bridgehead atoms. The molecular weight excluding hydrogens is 269 g/mol. The molecule has 1 aromatic rings. The van der Waals surface area contributed by atoms with Crippen LogP contribution in [0.15, 0.2) is 18.3 Å². The van der Waals surface area contributed by atoms with Crippen LogP contribution < -0.4 is 5.32 Å². The standard InChI is InChI=1S/C14H19F3N2O/c1-10-4-6-13(20,7-5-10)9-19-12-11(14(15,16)17)3-2-8-18-12/h2-3,8,10,20H,4-7,9H2,1H3,(H,18,19). The van der Waals surface area contributed by atoms with E-state index in [0.717, 1.165) is 18.9 Å². The van der Waals surface area contributed by atoms with E-state index in [2.05, 4.69) is 17.2 Å². The van der Waals surface area contributed by atoms with Crippen molar-refractivity contribution in [2.75, 3.05) is 11.9 Å². The molecule has 1 aliphatic carbocycles. The van der Waals surface area contributed by atoms with E-state index < -0.39 is 17.3 Å². The smallest absolute Gasteiger partial charge is 0.388 e. The molecule has 1 heterocycles. The summed E-state index contributed by atoms with van der Waals surface area (Å²) in [4.78, 5) is 3.73. The third-order valence-electron chi connectivity index (χ3n) is 3.90. The van der Waals surface area contributed by atoms with Crippen LogP contribution in [0.4, 0.5) is 19.0 Å². The number of aliphatic hydroxyl groups is 1. The fourth-order valence-corrected chi connectivity index (χ4v) is 2.50. The van der Waals surface area contributed by atoms with Crippen LogP contribution in [0.1, 0.15) is 38.2 Å². The number of nitrogens with one attached hydrogen (secondary N) is 1. The van der Waals surface area contributed by atoms with Crippen molar-refractivity contribution in [2.45, 2.75) is 44.4 Å². The van der Waals surface area contributed by atoms with Crippen LogP contribution in [0.2, 0.25) is 0 Å². The van der Waals surface area contributed by atoms with Gasteiger partial charge in [-0.25, -0.2) is 4.98 Å². The molecule has 0 atom stereocenters. The van der Waals surface area contributed by atoms with E-state index in [1.54, 1.807) is 0 Å². The van der Waals surface area contributed by atoms with E-state index in [-0.39, 0.29) is 12.4 Å². The number of hydrogen-bond acceptors (Lipinski definition) is 3. The van der Waals surface area contributed by atoms with Gasteiger partial charge in [0, 0.05) is 12.7 Å². The van der Waals surface area contributed by atoms with Crippen LogP contribution >= 0.6 is 0 Å². The first kappa shape index (κ1) is 15.1. The number of anilines is 1. The molecule has 1 aromatic heterocycles. The Morgan fingerprint density at radius 3 is 2.65 bits per heavy atom. The van der Waals surface area contributed by atoms with Crippen LogP contribution in [0, 0.1) is 5.92 Å². The van der Waals surface area contributed by atoms with Crippen LogP contribution in [0.3, 0.4) is 0 Å². The maximum atomic E-state index is 12.8. The number of alkyl halides is 3. The maximum Gasteiger partial charge on any atom is 0.419 e. The minimum atomic E-state index is -4.44. The van der Waals surface area contributed by atoms with Gasteiger partial charge in [-0.2, -0.15) is 13.2 Å². The molecular formula is C14H19F3N2O. The number of aromatic nitrogens is 1. The Morgan fingerprint density at radius 1 is 1.40 bits per heavy atom. The second-order valence-electron chi connectivity index (χ2n) is 5.66. The average molecular weight is 288 g/mol. The summed E-state index contributed by atoms with van der Waals surface area (Å²) in [5.41, 5.74) is -1.74. The summed E-state index contributed by atoms with van der Waals surface area (Å²) in [6.45, 7) is 2.22. The van der Waals surface area contributed by atoms with Crippen molar-refractivity contribution in [2.24, 2.45) is 5.92 Å². The Balaban J connectivity index is 2.04. The zero-order valence-electron chi connectivity index (χ0n) is 11.4. The van der Waals surface area contributed by atoms with Gasteiger partial charge in [-0.1, -0.05) is 6.92 Å². The Kier molecular flexibility index (Phi) is 4.22. The second kappa shape index (κ2) is 5.60. The Bertz CT molecular complexity index is 454. The molecule has 0 saturated heterocycles. The van der Waals surface area contributed by atoms with Crippen LogP contribution in [-0.2, 0) is 6.18 Å². The third kappa shape index (κ3) is 3.62. The minimum absolute atomic E-state index is 0.0970. The molecule has 0 unspecified atom stereocenters. The highest BCUT2D eigenvalue weighted by Gasteiger charge is 2.36. The molecule has 1 aliphatic rings. The van der Waals surface area contributed by atoms with Gasteiger partial charge in [-0.3, -0.25) is 0 Å². The van der Waals surface area contributed by atoms with Crippen LogP contribution in [0.25, 0.3) is 0 Å². The number of rotatable bonds is 3. The lowest BCUT2D eigenvalue weighted by atomic mass is 9.79.